The summed E-state index contributed by atoms with van der Waals surface area (Å²) in [5.41, 5.74) is 3.19. The third-order valence-corrected chi connectivity index (χ3v) is 4.86. The smallest absolute Gasteiger partial charge is 0.140 e. The summed E-state index contributed by atoms with van der Waals surface area (Å²) >= 11 is 8.15. The molecule has 98 valence electrons. The highest BCUT2D eigenvalue weighted by molar-refractivity contribution is 7.98. The summed E-state index contributed by atoms with van der Waals surface area (Å²) in [6.07, 6.45) is 0. The lowest BCUT2D eigenvalue weighted by molar-refractivity contribution is 0.586. The number of halogens is 1. The van der Waals surface area contributed by atoms with Gasteiger partial charge in [0.1, 0.15) is 11.0 Å². The minimum Gasteiger partial charge on any atom is -0.236 e. The molecule has 1 aliphatic rings. The number of rotatable bonds is 2. The Bertz CT molecular complexity index is 611. The Balaban J connectivity index is 2.09. The second-order valence-electron chi connectivity index (χ2n) is 5.25. The summed E-state index contributed by atoms with van der Waals surface area (Å²) in [5.74, 6) is 2.68. The van der Waals surface area contributed by atoms with Gasteiger partial charge in [-0.05, 0) is 19.4 Å². The summed E-state index contributed by atoms with van der Waals surface area (Å²) in [5, 5.41) is 0.619. The van der Waals surface area contributed by atoms with Crippen LogP contribution in [0.15, 0.2) is 30.3 Å². The lowest BCUT2D eigenvalue weighted by Gasteiger charge is -2.24. The van der Waals surface area contributed by atoms with E-state index in [1.807, 2.05) is 30.0 Å². The minimum atomic E-state index is -0.229. The van der Waals surface area contributed by atoms with E-state index >= 15 is 0 Å². The zero-order valence-corrected chi connectivity index (χ0v) is 12.6. The van der Waals surface area contributed by atoms with Crippen LogP contribution >= 0.6 is 23.4 Å². The molecule has 1 aromatic carbocycles. The maximum Gasteiger partial charge on any atom is 0.140 e. The van der Waals surface area contributed by atoms with E-state index in [-0.39, 0.29) is 5.41 Å². The fourth-order valence-corrected chi connectivity index (χ4v) is 3.65. The molecule has 0 atom stereocenters. The first-order chi connectivity index (χ1) is 9.09. The molecular formula is C15H15ClN2S. The summed E-state index contributed by atoms with van der Waals surface area (Å²) in [6.45, 7) is 4.28. The van der Waals surface area contributed by atoms with Gasteiger partial charge in [0.25, 0.3) is 0 Å². The molecule has 0 N–H and O–H groups in total. The molecule has 2 nitrogen and oxygen atoms in total. The molecule has 1 aliphatic heterocycles. The number of hydrogen-bond donors (Lipinski definition) is 0. The van der Waals surface area contributed by atoms with E-state index in [1.54, 1.807) is 0 Å². The lowest BCUT2D eigenvalue weighted by Crippen LogP contribution is -2.23. The minimum absolute atomic E-state index is 0.229. The molecule has 0 bridgehead atoms. The number of fused-ring (bicyclic) bond motifs is 1. The molecule has 19 heavy (non-hydrogen) atoms. The van der Waals surface area contributed by atoms with Crippen molar-refractivity contribution in [2.75, 3.05) is 0 Å². The van der Waals surface area contributed by atoms with Gasteiger partial charge in [-0.25, -0.2) is 9.97 Å². The molecule has 2 heterocycles. The predicted molar refractivity (Wildman–Crippen MR) is 80.6 cm³/mol. The van der Waals surface area contributed by atoms with E-state index < -0.39 is 0 Å². The van der Waals surface area contributed by atoms with Crippen LogP contribution in [0, 0.1) is 0 Å². The van der Waals surface area contributed by atoms with Crippen LogP contribution in [0.1, 0.15) is 36.5 Å². The number of aromatic nitrogens is 2. The third kappa shape index (κ3) is 2.26. The van der Waals surface area contributed by atoms with Crippen LogP contribution in [0.4, 0.5) is 0 Å². The molecule has 0 amide bonds. The van der Waals surface area contributed by atoms with E-state index in [9.17, 15) is 0 Å². The Morgan fingerprint density at radius 3 is 2.58 bits per heavy atom. The SMILES string of the molecule is CC(C)(c1ccccc1)c1nc(Cl)c2c(n1)CSC2. The second kappa shape index (κ2) is 4.80. The molecule has 1 aromatic heterocycles. The van der Waals surface area contributed by atoms with Crippen LogP contribution in [0.25, 0.3) is 0 Å². The van der Waals surface area contributed by atoms with Crippen LogP contribution in [0.2, 0.25) is 5.15 Å². The van der Waals surface area contributed by atoms with Crippen LogP contribution < -0.4 is 0 Å². The number of nitrogens with zero attached hydrogens (tertiary/aromatic N) is 2. The van der Waals surface area contributed by atoms with Gasteiger partial charge in [0.15, 0.2) is 0 Å². The maximum atomic E-state index is 6.30. The van der Waals surface area contributed by atoms with E-state index in [4.69, 9.17) is 16.6 Å². The zero-order valence-electron chi connectivity index (χ0n) is 11.0. The number of thioether (sulfide) groups is 1. The van der Waals surface area contributed by atoms with Crippen molar-refractivity contribution < 1.29 is 0 Å². The van der Waals surface area contributed by atoms with Gasteiger partial charge < -0.3 is 0 Å². The summed E-state index contributed by atoms with van der Waals surface area (Å²) in [6, 6.07) is 10.3. The predicted octanol–water partition coefficient (Wildman–Crippen LogP) is 4.20. The highest BCUT2D eigenvalue weighted by Gasteiger charge is 2.29. The normalized spacial score (nSPS) is 14.5. The van der Waals surface area contributed by atoms with Crippen molar-refractivity contribution in [2.45, 2.75) is 30.8 Å². The lowest BCUT2D eigenvalue weighted by atomic mass is 9.83. The first kappa shape index (κ1) is 12.9. The largest absolute Gasteiger partial charge is 0.236 e. The van der Waals surface area contributed by atoms with Gasteiger partial charge in [-0.1, -0.05) is 41.9 Å². The van der Waals surface area contributed by atoms with Gasteiger partial charge in [-0.15, -0.1) is 0 Å². The maximum absolute atomic E-state index is 6.30. The van der Waals surface area contributed by atoms with Crippen molar-refractivity contribution in [1.82, 2.24) is 9.97 Å². The van der Waals surface area contributed by atoms with Crippen molar-refractivity contribution in [3.05, 3.63) is 58.1 Å². The Labute approximate surface area is 122 Å². The molecule has 0 saturated carbocycles. The molecule has 2 aromatic rings. The Hall–Kier alpha value is -1.06. The van der Waals surface area contributed by atoms with Crippen molar-refractivity contribution in [2.24, 2.45) is 0 Å². The van der Waals surface area contributed by atoms with Crippen LogP contribution in [0.5, 0.6) is 0 Å². The van der Waals surface area contributed by atoms with Gasteiger partial charge >= 0.3 is 0 Å². The molecule has 0 radical (unpaired) electrons. The Morgan fingerprint density at radius 2 is 1.84 bits per heavy atom. The first-order valence-electron chi connectivity index (χ1n) is 6.28. The molecule has 0 fully saturated rings. The van der Waals surface area contributed by atoms with E-state index in [2.05, 4.69) is 31.0 Å². The molecule has 0 spiro atoms. The molecule has 4 heteroatoms. The average molecular weight is 291 g/mol. The fraction of sp³-hybridized carbons (Fsp3) is 0.333. The van der Waals surface area contributed by atoms with Crippen LogP contribution in [0.3, 0.4) is 0 Å². The summed E-state index contributed by atoms with van der Waals surface area (Å²) in [4.78, 5) is 9.28. The number of hydrogen-bond acceptors (Lipinski definition) is 3. The van der Waals surface area contributed by atoms with E-state index in [1.165, 1.54) is 5.56 Å². The molecule has 0 saturated heterocycles. The van der Waals surface area contributed by atoms with Crippen LogP contribution in [-0.4, -0.2) is 9.97 Å². The first-order valence-corrected chi connectivity index (χ1v) is 7.81. The van der Waals surface area contributed by atoms with Gasteiger partial charge in [-0.2, -0.15) is 11.8 Å². The van der Waals surface area contributed by atoms with Gasteiger partial charge in [0, 0.05) is 22.5 Å². The quantitative estimate of drug-likeness (QED) is 0.775. The van der Waals surface area contributed by atoms with Crippen molar-refractivity contribution in [3.8, 4) is 0 Å². The van der Waals surface area contributed by atoms with Crippen LogP contribution in [-0.2, 0) is 16.9 Å². The molecule has 0 unspecified atom stereocenters. The van der Waals surface area contributed by atoms with E-state index in [0.29, 0.717) is 5.15 Å². The van der Waals surface area contributed by atoms with Gasteiger partial charge in [0.2, 0.25) is 0 Å². The third-order valence-electron chi connectivity index (χ3n) is 3.58. The zero-order chi connectivity index (χ0) is 13.5. The summed E-state index contributed by atoms with van der Waals surface area (Å²) < 4.78 is 0. The van der Waals surface area contributed by atoms with Crippen molar-refractivity contribution in [1.29, 1.82) is 0 Å². The second-order valence-corrected chi connectivity index (χ2v) is 6.59. The monoisotopic (exact) mass is 290 g/mol. The van der Waals surface area contributed by atoms with E-state index in [0.717, 1.165) is 28.6 Å². The number of benzene rings is 1. The fourth-order valence-electron chi connectivity index (χ4n) is 2.28. The molecule has 3 rings (SSSR count). The molecule has 0 aliphatic carbocycles. The van der Waals surface area contributed by atoms with Crippen molar-refractivity contribution >= 4 is 23.4 Å². The molecular weight excluding hydrogens is 276 g/mol. The van der Waals surface area contributed by atoms with Crippen molar-refractivity contribution in [3.63, 3.8) is 0 Å². The van der Waals surface area contributed by atoms with Gasteiger partial charge in [-0.3, -0.25) is 0 Å². The Kier molecular flexibility index (Phi) is 3.27. The summed E-state index contributed by atoms with van der Waals surface area (Å²) in [7, 11) is 0. The topological polar surface area (TPSA) is 25.8 Å². The average Bonchev–Trinajstić information content (AvgIpc) is 2.88. The highest BCUT2D eigenvalue weighted by atomic mass is 35.5. The standard InChI is InChI=1S/C15H15ClN2S/c1-15(2,10-6-4-3-5-7-10)14-17-12-9-19-8-11(12)13(16)18-14/h3-7H,8-9H2,1-2H3. The highest BCUT2D eigenvalue weighted by Crippen LogP contribution is 2.36. The Morgan fingerprint density at radius 1 is 1.11 bits per heavy atom. The van der Waals surface area contributed by atoms with Gasteiger partial charge in [0.05, 0.1) is 5.69 Å².